The molecule has 0 amide bonds. The van der Waals surface area contributed by atoms with Crippen LogP contribution in [-0.2, 0) is 11.3 Å². The summed E-state index contributed by atoms with van der Waals surface area (Å²) >= 11 is 0. The molecule has 2 aromatic heterocycles. The SMILES string of the molecule is CCOC(=O)c1nn(-c2ccc([N+](=O)[O-])cc2)cc1OCc1cnn(-c2ccccc2)n1. The molecule has 11 heteroatoms. The second kappa shape index (κ2) is 9.08. The topological polar surface area (TPSA) is 127 Å². The molecular weight excluding hydrogens is 416 g/mol. The highest BCUT2D eigenvalue weighted by atomic mass is 16.6. The van der Waals surface area contributed by atoms with Crippen LogP contribution in [0.1, 0.15) is 23.1 Å². The van der Waals surface area contributed by atoms with E-state index in [9.17, 15) is 14.9 Å². The van der Waals surface area contributed by atoms with Crippen molar-refractivity contribution in [1.82, 2.24) is 24.8 Å². The van der Waals surface area contributed by atoms with Crippen molar-refractivity contribution in [1.29, 1.82) is 0 Å². The summed E-state index contributed by atoms with van der Waals surface area (Å²) in [5, 5.41) is 23.7. The molecule has 0 fully saturated rings. The molecule has 2 aromatic carbocycles. The molecule has 0 saturated carbocycles. The van der Waals surface area contributed by atoms with Crippen LogP contribution in [0.2, 0.25) is 0 Å². The Labute approximate surface area is 182 Å². The highest BCUT2D eigenvalue weighted by Gasteiger charge is 2.21. The Morgan fingerprint density at radius 3 is 2.50 bits per heavy atom. The maximum absolute atomic E-state index is 12.4. The number of aromatic nitrogens is 5. The van der Waals surface area contributed by atoms with Crippen LogP contribution >= 0.6 is 0 Å². The molecule has 0 atom stereocenters. The van der Waals surface area contributed by atoms with Crippen molar-refractivity contribution < 1.29 is 19.2 Å². The fourth-order valence-corrected chi connectivity index (χ4v) is 2.86. The van der Waals surface area contributed by atoms with Crippen molar-refractivity contribution in [2.45, 2.75) is 13.5 Å². The molecule has 4 rings (SSSR count). The highest BCUT2D eigenvalue weighted by Crippen LogP contribution is 2.23. The maximum atomic E-state index is 12.4. The van der Waals surface area contributed by atoms with Gasteiger partial charge in [-0.15, -0.1) is 5.10 Å². The van der Waals surface area contributed by atoms with Gasteiger partial charge in [0.25, 0.3) is 5.69 Å². The molecule has 4 aromatic rings. The lowest BCUT2D eigenvalue weighted by molar-refractivity contribution is -0.384. The zero-order valence-electron chi connectivity index (χ0n) is 17.0. The third kappa shape index (κ3) is 4.46. The molecule has 11 nitrogen and oxygen atoms in total. The van der Waals surface area contributed by atoms with Gasteiger partial charge >= 0.3 is 5.97 Å². The maximum Gasteiger partial charge on any atom is 0.362 e. The number of nitro benzene ring substituents is 1. The van der Waals surface area contributed by atoms with E-state index in [-0.39, 0.29) is 30.3 Å². The third-order valence-electron chi connectivity index (χ3n) is 4.38. The molecule has 32 heavy (non-hydrogen) atoms. The minimum atomic E-state index is -0.642. The van der Waals surface area contributed by atoms with Gasteiger partial charge in [0.1, 0.15) is 12.3 Å². The van der Waals surface area contributed by atoms with Crippen LogP contribution < -0.4 is 4.74 Å². The van der Waals surface area contributed by atoms with E-state index in [0.717, 1.165) is 5.69 Å². The van der Waals surface area contributed by atoms with Gasteiger partial charge in [-0.3, -0.25) is 10.1 Å². The molecule has 2 heterocycles. The number of ether oxygens (including phenoxy) is 2. The number of benzene rings is 2. The summed E-state index contributed by atoms with van der Waals surface area (Å²) in [7, 11) is 0. The van der Waals surface area contributed by atoms with Crippen LogP contribution in [0.15, 0.2) is 67.0 Å². The van der Waals surface area contributed by atoms with E-state index < -0.39 is 10.9 Å². The third-order valence-corrected chi connectivity index (χ3v) is 4.38. The predicted octanol–water partition coefficient (Wildman–Crippen LogP) is 3.12. The molecule has 0 spiro atoms. The first-order valence-electron chi connectivity index (χ1n) is 9.66. The van der Waals surface area contributed by atoms with Crippen molar-refractivity contribution in [3.63, 3.8) is 0 Å². The van der Waals surface area contributed by atoms with Crippen molar-refractivity contribution in [3.8, 4) is 17.1 Å². The van der Waals surface area contributed by atoms with Crippen molar-refractivity contribution in [2.75, 3.05) is 6.61 Å². The molecule has 0 aliphatic heterocycles. The van der Waals surface area contributed by atoms with Gasteiger partial charge in [-0.1, -0.05) is 18.2 Å². The molecule has 0 aliphatic carbocycles. The molecule has 0 N–H and O–H groups in total. The molecule has 0 radical (unpaired) electrons. The lowest BCUT2D eigenvalue weighted by Gasteiger charge is -2.03. The van der Waals surface area contributed by atoms with Crippen molar-refractivity contribution in [2.24, 2.45) is 0 Å². The van der Waals surface area contributed by atoms with E-state index in [1.807, 2.05) is 30.3 Å². The number of non-ortho nitro benzene ring substituents is 1. The van der Waals surface area contributed by atoms with E-state index in [1.54, 1.807) is 13.1 Å². The minimum Gasteiger partial charge on any atom is -0.483 e. The first-order valence-corrected chi connectivity index (χ1v) is 9.66. The second-order valence-corrected chi connectivity index (χ2v) is 6.53. The number of nitro groups is 1. The summed E-state index contributed by atoms with van der Waals surface area (Å²) in [5.41, 5.74) is 1.81. The molecule has 0 saturated heterocycles. The van der Waals surface area contributed by atoms with Gasteiger partial charge in [-0.2, -0.15) is 15.0 Å². The van der Waals surface area contributed by atoms with Crippen LogP contribution in [0.3, 0.4) is 0 Å². The molecule has 0 unspecified atom stereocenters. The number of nitrogens with zero attached hydrogens (tertiary/aromatic N) is 6. The van der Waals surface area contributed by atoms with Gasteiger partial charge in [-0.25, -0.2) is 9.48 Å². The lowest BCUT2D eigenvalue weighted by Crippen LogP contribution is -2.09. The van der Waals surface area contributed by atoms with E-state index in [2.05, 4.69) is 15.3 Å². The van der Waals surface area contributed by atoms with E-state index in [1.165, 1.54) is 39.9 Å². The van der Waals surface area contributed by atoms with Crippen LogP contribution in [-0.4, -0.2) is 42.3 Å². The quantitative estimate of drug-likeness (QED) is 0.235. The minimum absolute atomic E-state index is 0.0133. The smallest absolute Gasteiger partial charge is 0.362 e. The Hall–Kier alpha value is -4.54. The molecular formula is C21H18N6O5. The Kier molecular flexibility index (Phi) is 5.88. The fourth-order valence-electron chi connectivity index (χ4n) is 2.86. The van der Waals surface area contributed by atoms with Gasteiger partial charge in [0, 0.05) is 12.1 Å². The largest absolute Gasteiger partial charge is 0.483 e. The Morgan fingerprint density at radius 1 is 1.06 bits per heavy atom. The summed E-state index contributed by atoms with van der Waals surface area (Å²) in [4.78, 5) is 24.2. The monoisotopic (exact) mass is 434 g/mol. The van der Waals surface area contributed by atoms with Crippen LogP contribution in [0.25, 0.3) is 11.4 Å². The summed E-state index contributed by atoms with van der Waals surface area (Å²) < 4.78 is 12.3. The lowest BCUT2D eigenvalue weighted by atomic mass is 10.3. The average Bonchev–Trinajstić information content (AvgIpc) is 3.46. The van der Waals surface area contributed by atoms with E-state index in [4.69, 9.17) is 9.47 Å². The number of carbonyl (C=O) groups excluding carboxylic acids is 1. The highest BCUT2D eigenvalue weighted by molar-refractivity contribution is 5.90. The van der Waals surface area contributed by atoms with E-state index in [0.29, 0.717) is 11.4 Å². The van der Waals surface area contributed by atoms with Crippen LogP contribution in [0, 0.1) is 10.1 Å². The zero-order valence-corrected chi connectivity index (χ0v) is 17.0. The predicted molar refractivity (Wildman–Crippen MR) is 112 cm³/mol. The number of rotatable bonds is 8. The molecule has 162 valence electrons. The second-order valence-electron chi connectivity index (χ2n) is 6.53. The Bertz CT molecular complexity index is 1230. The summed E-state index contributed by atoms with van der Waals surface area (Å²) in [5.74, 6) is -0.452. The average molecular weight is 434 g/mol. The molecule has 0 bridgehead atoms. The Balaban J connectivity index is 1.56. The van der Waals surface area contributed by atoms with Gasteiger partial charge in [0.2, 0.25) is 5.69 Å². The first kappa shape index (κ1) is 20.7. The summed E-state index contributed by atoms with van der Waals surface area (Å²) in [6.07, 6.45) is 3.08. The summed E-state index contributed by atoms with van der Waals surface area (Å²) in [6, 6.07) is 15.2. The molecule has 0 aliphatic rings. The number of carbonyl (C=O) groups is 1. The normalized spacial score (nSPS) is 10.7. The first-order chi connectivity index (χ1) is 15.5. The summed E-state index contributed by atoms with van der Waals surface area (Å²) in [6.45, 7) is 1.91. The van der Waals surface area contributed by atoms with Gasteiger partial charge in [-0.05, 0) is 31.2 Å². The number of para-hydroxylation sites is 1. The van der Waals surface area contributed by atoms with Gasteiger partial charge in [0.05, 0.1) is 35.3 Å². The Morgan fingerprint density at radius 2 is 1.81 bits per heavy atom. The van der Waals surface area contributed by atoms with Gasteiger partial charge in [0.15, 0.2) is 5.75 Å². The number of hydrogen-bond donors (Lipinski definition) is 0. The van der Waals surface area contributed by atoms with E-state index >= 15 is 0 Å². The van der Waals surface area contributed by atoms with Crippen molar-refractivity contribution >= 4 is 11.7 Å². The van der Waals surface area contributed by atoms with Gasteiger partial charge < -0.3 is 9.47 Å². The van der Waals surface area contributed by atoms with Crippen molar-refractivity contribution in [3.05, 3.63) is 88.5 Å². The zero-order chi connectivity index (χ0) is 22.5. The standard InChI is InChI=1S/C21H18N6O5/c1-2-31-21(28)20-19(13-25(24-20)16-8-10-18(11-9-16)27(29)30)32-14-15-12-22-26(23-15)17-6-4-3-5-7-17/h3-13H,2,14H2,1H3. The fraction of sp³-hybridized carbons (Fsp3) is 0.143. The van der Waals surface area contributed by atoms with Crippen LogP contribution in [0.5, 0.6) is 5.75 Å². The number of hydrogen-bond acceptors (Lipinski definition) is 8. The van der Waals surface area contributed by atoms with Crippen LogP contribution in [0.4, 0.5) is 5.69 Å². The number of esters is 1.